The zero-order valence-corrected chi connectivity index (χ0v) is 9.10. The zero-order chi connectivity index (χ0) is 9.26. The van der Waals surface area contributed by atoms with Crippen LogP contribution in [-0.2, 0) is 0 Å². The summed E-state index contributed by atoms with van der Waals surface area (Å²) in [7, 11) is 0. The van der Waals surface area contributed by atoms with Crippen LogP contribution in [0, 0.1) is 0 Å². The second-order valence-electron chi connectivity index (χ2n) is 2.57. The monoisotopic (exact) mass is 254 g/mol. The van der Waals surface area contributed by atoms with Gasteiger partial charge in [-0.25, -0.2) is 0 Å². The summed E-state index contributed by atoms with van der Waals surface area (Å²) in [5.41, 5.74) is 7.49. The van der Waals surface area contributed by atoms with Gasteiger partial charge in [-0.15, -0.1) is 11.3 Å². The molecule has 2 aromatic heterocycles. The largest absolute Gasteiger partial charge is 0.397 e. The summed E-state index contributed by atoms with van der Waals surface area (Å²) in [4.78, 5) is 5.30. The Bertz CT molecular complexity index is 408. The lowest BCUT2D eigenvalue weighted by Gasteiger charge is -1.97. The molecular formula is C9H7BrN2S. The fourth-order valence-electron chi connectivity index (χ4n) is 1.04. The van der Waals surface area contributed by atoms with Crippen LogP contribution in [0.2, 0.25) is 0 Å². The minimum Gasteiger partial charge on any atom is -0.397 e. The summed E-state index contributed by atoms with van der Waals surface area (Å²) >= 11 is 4.94. The van der Waals surface area contributed by atoms with Gasteiger partial charge in [0.25, 0.3) is 0 Å². The number of aromatic nitrogens is 1. The van der Waals surface area contributed by atoms with Crippen molar-refractivity contribution in [1.82, 2.24) is 4.98 Å². The molecule has 66 valence electrons. The molecule has 0 spiro atoms. The minimum absolute atomic E-state index is 0.792. The molecule has 0 bridgehead atoms. The molecule has 0 aliphatic carbocycles. The number of hydrogen-bond acceptors (Lipinski definition) is 3. The van der Waals surface area contributed by atoms with Crippen molar-refractivity contribution in [3.05, 3.63) is 34.2 Å². The quantitative estimate of drug-likeness (QED) is 0.850. The summed E-state index contributed by atoms with van der Waals surface area (Å²) < 4.78 is 0.978. The fraction of sp³-hybridized carbons (Fsp3) is 0. The molecule has 2 nitrogen and oxygen atoms in total. The average molecular weight is 255 g/mol. The van der Waals surface area contributed by atoms with Gasteiger partial charge in [-0.3, -0.25) is 4.98 Å². The maximum Gasteiger partial charge on any atom is 0.0823 e. The van der Waals surface area contributed by atoms with Crippen LogP contribution in [0.1, 0.15) is 0 Å². The van der Waals surface area contributed by atoms with Crippen molar-refractivity contribution in [1.29, 1.82) is 0 Å². The van der Waals surface area contributed by atoms with E-state index < -0.39 is 0 Å². The maximum absolute atomic E-state index is 5.77. The summed E-state index contributed by atoms with van der Waals surface area (Å²) in [6.07, 6.45) is 1.77. The van der Waals surface area contributed by atoms with Crippen LogP contribution in [0.15, 0.2) is 34.2 Å². The van der Waals surface area contributed by atoms with E-state index in [1.54, 1.807) is 17.5 Å². The van der Waals surface area contributed by atoms with E-state index in [4.69, 9.17) is 5.73 Å². The molecule has 4 heteroatoms. The van der Waals surface area contributed by atoms with Crippen molar-refractivity contribution in [2.75, 3.05) is 5.73 Å². The van der Waals surface area contributed by atoms with Gasteiger partial charge in [0, 0.05) is 10.7 Å². The summed E-state index contributed by atoms with van der Waals surface area (Å²) in [5, 5.41) is 1.97. The van der Waals surface area contributed by atoms with Crippen LogP contribution in [0.4, 0.5) is 5.69 Å². The van der Waals surface area contributed by atoms with Crippen molar-refractivity contribution >= 4 is 33.0 Å². The second-order valence-corrected chi connectivity index (χ2v) is 4.40. The standard InChI is InChI=1S/C9H7BrN2S/c10-6-1-2-8(12-5-6)9-7(11)3-4-13-9/h1-5H,11H2. The number of nitrogens with zero attached hydrogens (tertiary/aromatic N) is 1. The Balaban J connectivity index is 2.47. The Morgan fingerprint density at radius 3 is 2.69 bits per heavy atom. The highest BCUT2D eigenvalue weighted by Gasteiger charge is 2.04. The molecule has 0 amide bonds. The highest BCUT2D eigenvalue weighted by molar-refractivity contribution is 9.10. The van der Waals surface area contributed by atoms with Gasteiger partial charge in [0.1, 0.15) is 0 Å². The van der Waals surface area contributed by atoms with Gasteiger partial charge >= 0.3 is 0 Å². The third-order valence-electron chi connectivity index (χ3n) is 1.66. The smallest absolute Gasteiger partial charge is 0.0823 e. The molecule has 0 aromatic carbocycles. The van der Waals surface area contributed by atoms with E-state index >= 15 is 0 Å². The molecular weight excluding hydrogens is 248 g/mol. The first-order valence-corrected chi connectivity index (χ1v) is 5.39. The molecule has 0 unspecified atom stereocenters. The molecule has 0 radical (unpaired) electrons. The van der Waals surface area contributed by atoms with E-state index in [2.05, 4.69) is 20.9 Å². The number of nitrogen functional groups attached to an aromatic ring is 1. The molecule has 2 N–H and O–H groups in total. The summed E-state index contributed by atoms with van der Waals surface area (Å²) in [6, 6.07) is 5.80. The number of nitrogens with two attached hydrogens (primary N) is 1. The second kappa shape index (κ2) is 3.47. The average Bonchev–Trinajstić information content (AvgIpc) is 2.53. The zero-order valence-electron chi connectivity index (χ0n) is 6.70. The molecule has 13 heavy (non-hydrogen) atoms. The first-order valence-electron chi connectivity index (χ1n) is 3.72. The van der Waals surface area contributed by atoms with Crippen LogP contribution in [0.25, 0.3) is 10.6 Å². The van der Waals surface area contributed by atoms with Gasteiger partial charge in [0.05, 0.1) is 16.3 Å². The van der Waals surface area contributed by atoms with Gasteiger partial charge in [-0.2, -0.15) is 0 Å². The third-order valence-corrected chi connectivity index (χ3v) is 3.08. The van der Waals surface area contributed by atoms with E-state index in [0.29, 0.717) is 0 Å². The van der Waals surface area contributed by atoms with Crippen LogP contribution in [0.3, 0.4) is 0 Å². The van der Waals surface area contributed by atoms with Crippen molar-refractivity contribution in [2.45, 2.75) is 0 Å². The highest BCUT2D eigenvalue weighted by Crippen LogP contribution is 2.30. The molecule has 2 heterocycles. The predicted molar refractivity (Wildman–Crippen MR) is 59.7 cm³/mol. The molecule has 0 saturated heterocycles. The molecule has 0 atom stereocenters. The number of rotatable bonds is 1. The van der Waals surface area contributed by atoms with E-state index in [1.807, 2.05) is 23.6 Å². The Morgan fingerprint density at radius 2 is 2.15 bits per heavy atom. The Morgan fingerprint density at radius 1 is 1.31 bits per heavy atom. The minimum atomic E-state index is 0.792. The number of pyridine rings is 1. The summed E-state index contributed by atoms with van der Waals surface area (Å²) in [6.45, 7) is 0. The topological polar surface area (TPSA) is 38.9 Å². The molecule has 0 fully saturated rings. The molecule has 0 aliphatic heterocycles. The lowest BCUT2D eigenvalue weighted by molar-refractivity contribution is 1.32. The van der Waals surface area contributed by atoms with Crippen LogP contribution >= 0.6 is 27.3 Å². The van der Waals surface area contributed by atoms with Gasteiger partial charge in [0.15, 0.2) is 0 Å². The lowest BCUT2D eigenvalue weighted by Crippen LogP contribution is -1.85. The first kappa shape index (κ1) is 8.72. The van der Waals surface area contributed by atoms with Crippen molar-refractivity contribution in [3.63, 3.8) is 0 Å². The van der Waals surface area contributed by atoms with Crippen molar-refractivity contribution in [2.24, 2.45) is 0 Å². The molecule has 2 aromatic rings. The van der Waals surface area contributed by atoms with Crippen molar-refractivity contribution in [3.8, 4) is 10.6 Å². The maximum atomic E-state index is 5.77. The number of anilines is 1. The Kier molecular flexibility index (Phi) is 2.33. The van der Waals surface area contributed by atoms with Gasteiger partial charge in [0.2, 0.25) is 0 Å². The summed E-state index contributed by atoms with van der Waals surface area (Å²) in [5.74, 6) is 0. The van der Waals surface area contributed by atoms with E-state index in [9.17, 15) is 0 Å². The van der Waals surface area contributed by atoms with E-state index in [-0.39, 0.29) is 0 Å². The molecule has 2 rings (SSSR count). The number of thiophene rings is 1. The van der Waals surface area contributed by atoms with Crippen LogP contribution in [-0.4, -0.2) is 4.98 Å². The van der Waals surface area contributed by atoms with Gasteiger partial charge in [-0.05, 0) is 39.5 Å². The number of halogens is 1. The van der Waals surface area contributed by atoms with Gasteiger partial charge < -0.3 is 5.73 Å². The van der Waals surface area contributed by atoms with Crippen molar-refractivity contribution < 1.29 is 0 Å². The highest BCUT2D eigenvalue weighted by atomic mass is 79.9. The molecule has 0 saturated carbocycles. The normalized spacial score (nSPS) is 10.2. The Hall–Kier alpha value is -0.870. The fourth-order valence-corrected chi connectivity index (χ4v) is 2.07. The lowest BCUT2D eigenvalue weighted by atomic mass is 10.3. The van der Waals surface area contributed by atoms with Crippen LogP contribution in [0.5, 0.6) is 0 Å². The predicted octanol–water partition coefficient (Wildman–Crippen LogP) is 3.15. The number of hydrogen-bond donors (Lipinski definition) is 1. The Labute approximate surface area is 88.6 Å². The first-order chi connectivity index (χ1) is 6.27. The van der Waals surface area contributed by atoms with Crippen LogP contribution < -0.4 is 5.73 Å². The van der Waals surface area contributed by atoms with E-state index in [0.717, 1.165) is 20.7 Å². The van der Waals surface area contributed by atoms with E-state index in [1.165, 1.54) is 0 Å². The van der Waals surface area contributed by atoms with Gasteiger partial charge in [-0.1, -0.05) is 0 Å². The SMILES string of the molecule is Nc1ccsc1-c1ccc(Br)cn1. The molecule has 0 aliphatic rings. The third kappa shape index (κ3) is 1.73.